The average molecular weight is 345 g/mol. The summed E-state index contributed by atoms with van der Waals surface area (Å²) in [4.78, 5) is 12.0. The maximum atomic E-state index is 12.1. The zero-order valence-electron chi connectivity index (χ0n) is 12.8. The Morgan fingerprint density at radius 2 is 1.75 bits per heavy atom. The zero-order chi connectivity index (χ0) is 17.6. The standard InChI is InChI=1S/C16H15N3O4S/c1-13(7-8-14-5-3-2-4-6-14)17-18-24(22,23)16-11-9-15(10-12-16)19(20)21/h2-12,18H,1H3/b8-7-,17-13-. The van der Waals surface area contributed by atoms with Crippen LogP contribution in [0.25, 0.3) is 6.08 Å². The van der Waals surface area contributed by atoms with Crippen LogP contribution in [0.15, 0.2) is 70.7 Å². The second kappa shape index (κ2) is 7.51. The summed E-state index contributed by atoms with van der Waals surface area (Å²) in [5, 5.41) is 14.4. The number of rotatable bonds is 6. The summed E-state index contributed by atoms with van der Waals surface area (Å²) in [6.45, 7) is 1.65. The number of nitrogens with zero attached hydrogens (tertiary/aromatic N) is 2. The molecule has 24 heavy (non-hydrogen) atoms. The third kappa shape index (κ3) is 4.75. The number of allylic oxidation sites excluding steroid dienone is 1. The van der Waals surface area contributed by atoms with Crippen LogP contribution in [0, 0.1) is 10.1 Å². The summed E-state index contributed by atoms with van der Waals surface area (Å²) >= 11 is 0. The molecule has 0 aliphatic rings. The SMILES string of the molecule is CC(/C=C\c1ccccc1)=N/NS(=O)(=O)c1ccc([N+](=O)[O-])cc1. The van der Waals surface area contributed by atoms with Gasteiger partial charge in [-0.15, -0.1) is 0 Å². The van der Waals surface area contributed by atoms with Crippen LogP contribution in [-0.2, 0) is 10.0 Å². The van der Waals surface area contributed by atoms with Gasteiger partial charge in [-0.3, -0.25) is 10.1 Å². The van der Waals surface area contributed by atoms with E-state index >= 15 is 0 Å². The second-order valence-electron chi connectivity index (χ2n) is 4.84. The van der Waals surface area contributed by atoms with E-state index in [9.17, 15) is 18.5 Å². The molecule has 7 nitrogen and oxygen atoms in total. The van der Waals surface area contributed by atoms with E-state index in [0.29, 0.717) is 5.71 Å². The van der Waals surface area contributed by atoms with Gasteiger partial charge in [0.15, 0.2) is 0 Å². The van der Waals surface area contributed by atoms with Gasteiger partial charge >= 0.3 is 0 Å². The molecule has 0 fully saturated rings. The third-order valence-electron chi connectivity index (χ3n) is 3.02. The minimum atomic E-state index is -3.87. The van der Waals surface area contributed by atoms with E-state index in [0.717, 1.165) is 29.8 Å². The molecule has 0 spiro atoms. The van der Waals surface area contributed by atoms with Crippen LogP contribution in [0.3, 0.4) is 0 Å². The van der Waals surface area contributed by atoms with E-state index in [2.05, 4.69) is 9.93 Å². The fourth-order valence-corrected chi connectivity index (χ4v) is 2.61. The van der Waals surface area contributed by atoms with Gasteiger partial charge in [-0.25, -0.2) is 0 Å². The van der Waals surface area contributed by atoms with Crippen LogP contribution in [-0.4, -0.2) is 19.1 Å². The topological polar surface area (TPSA) is 102 Å². The molecule has 2 rings (SSSR count). The number of nitrogens with one attached hydrogen (secondary N) is 1. The number of sulfonamides is 1. The molecule has 0 unspecified atom stereocenters. The molecule has 0 aromatic heterocycles. The maximum absolute atomic E-state index is 12.1. The lowest BCUT2D eigenvalue weighted by molar-refractivity contribution is -0.384. The van der Waals surface area contributed by atoms with Gasteiger partial charge in [-0.2, -0.15) is 18.4 Å². The first kappa shape index (κ1) is 17.4. The van der Waals surface area contributed by atoms with Gasteiger partial charge in [0, 0.05) is 12.1 Å². The molecule has 0 atom stereocenters. The van der Waals surface area contributed by atoms with Gasteiger partial charge in [-0.1, -0.05) is 36.4 Å². The molecule has 124 valence electrons. The molecule has 8 heteroatoms. The molecule has 1 N–H and O–H groups in total. The van der Waals surface area contributed by atoms with E-state index in [1.165, 1.54) is 0 Å². The Morgan fingerprint density at radius 3 is 2.33 bits per heavy atom. The summed E-state index contributed by atoms with van der Waals surface area (Å²) in [6, 6.07) is 14.1. The van der Waals surface area contributed by atoms with Crippen LogP contribution < -0.4 is 4.83 Å². The number of nitro benzene ring substituents is 1. The quantitative estimate of drug-likeness (QED) is 0.494. The number of hydrogen-bond acceptors (Lipinski definition) is 5. The molecule has 0 saturated heterocycles. The Morgan fingerprint density at radius 1 is 1.12 bits per heavy atom. The predicted octanol–water partition coefficient (Wildman–Crippen LogP) is 2.96. The Kier molecular flexibility index (Phi) is 5.43. The Balaban J connectivity index is 2.08. The summed E-state index contributed by atoms with van der Waals surface area (Å²) in [5.41, 5.74) is 1.24. The van der Waals surface area contributed by atoms with Crippen molar-refractivity contribution in [3.8, 4) is 0 Å². The van der Waals surface area contributed by atoms with Gasteiger partial charge in [-0.05, 0) is 30.7 Å². The molecule has 2 aromatic rings. The monoisotopic (exact) mass is 345 g/mol. The number of benzene rings is 2. The summed E-state index contributed by atoms with van der Waals surface area (Å²) in [6.07, 6.45) is 3.48. The second-order valence-corrected chi connectivity index (χ2v) is 6.50. The Labute approximate surface area is 139 Å². The van der Waals surface area contributed by atoms with Crippen molar-refractivity contribution >= 4 is 27.5 Å². The van der Waals surface area contributed by atoms with Crippen molar-refractivity contribution in [1.29, 1.82) is 0 Å². The van der Waals surface area contributed by atoms with E-state index < -0.39 is 14.9 Å². The van der Waals surface area contributed by atoms with Crippen LogP contribution in [0.2, 0.25) is 0 Å². The van der Waals surface area contributed by atoms with Crippen molar-refractivity contribution in [1.82, 2.24) is 4.83 Å². The fourth-order valence-electron chi connectivity index (χ4n) is 1.75. The largest absolute Gasteiger partial charge is 0.276 e. The van der Waals surface area contributed by atoms with E-state index in [1.807, 2.05) is 30.3 Å². The van der Waals surface area contributed by atoms with Crippen LogP contribution in [0.1, 0.15) is 12.5 Å². The number of non-ortho nitro benzene ring substituents is 1. The summed E-state index contributed by atoms with van der Waals surface area (Å²) in [5.74, 6) is 0. The van der Waals surface area contributed by atoms with E-state index in [1.54, 1.807) is 19.1 Å². The first-order chi connectivity index (χ1) is 11.4. The van der Waals surface area contributed by atoms with Crippen molar-refractivity contribution in [2.75, 3.05) is 0 Å². The highest BCUT2D eigenvalue weighted by Gasteiger charge is 2.14. The lowest BCUT2D eigenvalue weighted by Gasteiger charge is -2.03. The van der Waals surface area contributed by atoms with Crippen LogP contribution in [0.4, 0.5) is 5.69 Å². The van der Waals surface area contributed by atoms with E-state index in [4.69, 9.17) is 0 Å². The normalized spacial score (nSPS) is 12.3. The van der Waals surface area contributed by atoms with Gasteiger partial charge < -0.3 is 0 Å². The summed E-state index contributed by atoms with van der Waals surface area (Å²) < 4.78 is 24.2. The lowest BCUT2D eigenvalue weighted by atomic mass is 10.2. The highest BCUT2D eigenvalue weighted by molar-refractivity contribution is 7.89. The maximum Gasteiger partial charge on any atom is 0.276 e. The third-order valence-corrected chi connectivity index (χ3v) is 4.24. The molecule has 0 heterocycles. The van der Waals surface area contributed by atoms with E-state index in [-0.39, 0.29) is 10.6 Å². The molecular weight excluding hydrogens is 330 g/mol. The number of hydrazone groups is 1. The number of nitro groups is 1. The van der Waals surface area contributed by atoms with Crippen molar-refractivity contribution in [3.05, 3.63) is 76.4 Å². The Bertz CT molecular complexity index is 873. The molecular formula is C16H15N3O4S. The molecule has 0 aliphatic carbocycles. The lowest BCUT2D eigenvalue weighted by Crippen LogP contribution is -2.19. The smallest absolute Gasteiger partial charge is 0.258 e. The first-order valence-electron chi connectivity index (χ1n) is 6.92. The minimum Gasteiger partial charge on any atom is -0.258 e. The zero-order valence-corrected chi connectivity index (χ0v) is 13.6. The summed E-state index contributed by atoms with van der Waals surface area (Å²) in [7, 11) is -3.87. The van der Waals surface area contributed by atoms with Crippen molar-refractivity contribution in [2.45, 2.75) is 11.8 Å². The van der Waals surface area contributed by atoms with Gasteiger partial charge in [0.05, 0.1) is 15.5 Å². The van der Waals surface area contributed by atoms with Crippen molar-refractivity contribution in [2.24, 2.45) is 5.10 Å². The predicted molar refractivity (Wildman–Crippen MR) is 92.0 cm³/mol. The first-order valence-corrected chi connectivity index (χ1v) is 8.40. The van der Waals surface area contributed by atoms with Crippen LogP contribution >= 0.6 is 0 Å². The van der Waals surface area contributed by atoms with Crippen LogP contribution in [0.5, 0.6) is 0 Å². The highest BCUT2D eigenvalue weighted by Crippen LogP contribution is 2.15. The molecule has 0 radical (unpaired) electrons. The van der Waals surface area contributed by atoms with Crippen molar-refractivity contribution in [3.63, 3.8) is 0 Å². The Hall–Kier alpha value is -3.00. The fraction of sp³-hybridized carbons (Fsp3) is 0.0625. The molecule has 2 aromatic carbocycles. The van der Waals surface area contributed by atoms with Gasteiger partial charge in [0.25, 0.3) is 15.7 Å². The van der Waals surface area contributed by atoms with Gasteiger partial charge in [0.1, 0.15) is 0 Å². The molecule has 0 bridgehead atoms. The van der Waals surface area contributed by atoms with Crippen molar-refractivity contribution < 1.29 is 13.3 Å². The van der Waals surface area contributed by atoms with Gasteiger partial charge in [0.2, 0.25) is 0 Å². The number of hydrogen-bond donors (Lipinski definition) is 1. The minimum absolute atomic E-state index is 0.100. The average Bonchev–Trinajstić information content (AvgIpc) is 2.59. The highest BCUT2D eigenvalue weighted by atomic mass is 32.2. The molecule has 0 saturated carbocycles. The molecule has 0 aliphatic heterocycles. The molecule has 0 amide bonds.